The number of aliphatic hydroxyl groups excluding tert-OH is 1. The van der Waals surface area contributed by atoms with E-state index in [2.05, 4.69) is 10.0 Å². The Bertz CT molecular complexity index is 594. The molecule has 21 heavy (non-hydrogen) atoms. The van der Waals surface area contributed by atoms with Crippen molar-refractivity contribution in [2.45, 2.75) is 37.3 Å². The van der Waals surface area contributed by atoms with Crippen LogP contribution in [0.2, 0.25) is 0 Å². The maximum Gasteiger partial charge on any atom is 0.240 e. The molecule has 3 N–H and O–H groups in total. The molecule has 1 aromatic carbocycles. The average Bonchev–Trinajstić information content (AvgIpc) is 3.27. The number of hydrogen-bond acceptors (Lipinski definition) is 4. The van der Waals surface area contributed by atoms with Gasteiger partial charge in [0.1, 0.15) is 0 Å². The molecule has 1 aromatic rings. The fourth-order valence-corrected chi connectivity index (χ4v) is 2.99. The average molecular weight is 312 g/mol. The highest BCUT2D eigenvalue weighted by atomic mass is 32.2. The molecule has 0 heterocycles. The highest BCUT2D eigenvalue weighted by molar-refractivity contribution is 7.89. The zero-order valence-corrected chi connectivity index (χ0v) is 12.7. The van der Waals surface area contributed by atoms with E-state index in [1.165, 1.54) is 19.1 Å². The molecule has 1 aliphatic rings. The molecule has 1 saturated carbocycles. The number of amides is 1. The Kier molecular flexibility index (Phi) is 4.97. The molecule has 0 radical (unpaired) electrons. The van der Waals surface area contributed by atoms with Crippen LogP contribution < -0.4 is 10.0 Å². The second-order valence-corrected chi connectivity index (χ2v) is 7.08. The molecule has 2 rings (SSSR count). The molecule has 7 heteroatoms. The second-order valence-electron chi connectivity index (χ2n) is 5.31. The SMILES string of the molecule is CC(=O)NCc1ccc(S(=O)(=O)NCC(O)C2CC2)cc1. The second kappa shape index (κ2) is 6.55. The molecule has 1 unspecified atom stereocenters. The maximum atomic E-state index is 12.1. The van der Waals surface area contributed by atoms with Crippen LogP contribution in [0.15, 0.2) is 29.2 Å². The van der Waals surface area contributed by atoms with Crippen LogP contribution in [0, 0.1) is 5.92 Å². The van der Waals surface area contributed by atoms with Gasteiger partial charge in [-0.2, -0.15) is 0 Å². The third kappa shape index (κ3) is 4.80. The van der Waals surface area contributed by atoms with Crippen LogP contribution in [-0.2, 0) is 21.4 Å². The number of nitrogens with one attached hydrogen (secondary N) is 2. The normalized spacial score (nSPS) is 16.5. The van der Waals surface area contributed by atoms with Gasteiger partial charge in [-0.15, -0.1) is 0 Å². The van der Waals surface area contributed by atoms with Gasteiger partial charge in [-0.25, -0.2) is 13.1 Å². The first-order valence-electron chi connectivity index (χ1n) is 6.89. The number of hydrogen-bond donors (Lipinski definition) is 3. The summed E-state index contributed by atoms with van der Waals surface area (Å²) in [6.07, 6.45) is 1.31. The molecule has 1 aliphatic carbocycles. The Balaban J connectivity index is 1.94. The van der Waals surface area contributed by atoms with E-state index in [-0.39, 0.29) is 23.3 Å². The summed E-state index contributed by atoms with van der Waals surface area (Å²) in [5.74, 6) is 0.0927. The number of carbonyl (C=O) groups excluding carboxylic acids is 1. The number of benzene rings is 1. The zero-order valence-electron chi connectivity index (χ0n) is 11.9. The van der Waals surface area contributed by atoms with Crippen LogP contribution in [-0.4, -0.2) is 32.1 Å². The van der Waals surface area contributed by atoms with E-state index in [1.807, 2.05) is 0 Å². The van der Waals surface area contributed by atoms with Crippen molar-refractivity contribution >= 4 is 15.9 Å². The first kappa shape index (κ1) is 15.9. The summed E-state index contributed by atoms with van der Waals surface area (Å²) in [5, 5.41) is 12.3. The first-order valence-corrected chi connectivity index (χ1v) is 8.38. The van der Waals surface area contributed by atoms with E-state index in [0.717, 1.165) is 18.4 Å². The summed E-state index contributed by atoms with van der Waals surface area (Å²) < 4.78 is 26.5. The number of aliphatic hydroxyl groups is 1. The molecule has 0 spiro atoms. The molecule has 0 bridgehead atoms. The largest absolute Gasteiger partial charge is 0.391 e. The third-order valence-electron chi connectivity index (χ3n) is 3.42. The van der Waals surface area contributed by atoms with Gasteiger partial charge in [0.15, 0.2) is 0 Å². The monoisotopic (exact) mass is 312 g/mol. The highest BCUT2D eigenvalue weighted by Gasteiger charge is 2.30. The Labute approximate surface area is 124 Å². The fourth-order valence-electron chi connectivity index (χ4n) is 1.94. The summed E-state index contributed by atoms with van der Waals surface area (Å²) in [6.45, 7) is 1.83. The van der Waals surface area contributed by atoms with Crippen molar-refractivity contribution in [2.75, 3.05) is 6.54 Å². The van der Waals surface area contributed by atoms with Gasteiger partial charge in [-0.3, -0.25) is 4.79 Å². The molecule has 1 amide bonds. The third-order valence-corrected chi connectivity index (χ3v) is 4.86. The lowest BCUT2D eigenvalue weighted by Gasteiger charge is -2.11. The summed E-state index contributed by atoms with van der Waals surface area (Å²) in [4.78, 5) is 11.0. The van der Waals surface area contributed by atoms with Crippen molar-refractivity contribution in [3.63, 3.8) is 0 Å². The van der Waals surface area contributed by atoms with Crippen molar-refractivity contribution in [3.8, 4) is 0 Å². The van der Waals surface area contributed by atoms with Crippen molar-refractivity contribution in [2.24, 2.45) is 5.92 Å². The van der Waals surface area contributed by atoms with E-state index in [9.17, 15) is 18.3 Å². The molecular weight excluding hydrogens is 292 g/mol. The van der Waals surface area contributed by atoms with Crippen LogP contribution in [0.1, 0.15) is 25.3 Å². The Morgan fingerprint density at radius 2 is 1.95 bits per heavy atom. The van der Waals surface area contributed by atoms with E-state index in [1.54, 1.807) is 12.1 Å². The minimum atomic E-state index is -3.61. The van der Waals surface area contributed by atoms with E-state index in [0.29, 0.717) is 6.54 Å². The standard InChI is InChI=1S/C14H20N2O4S/c1-10(17)15-8-11-2-6-13(7-3-11)21(19,20)16-9-14(18)12-4-5-12/h2-3,6-7,12,14,16,18H,4-5,8-9H2,1H3,(H,15,17). The lowest BCUT2D eigenvalue weighted by Crippen LogP contribution is -2.33. The number of carbonyl (C=O) groups is 1. The van der Waals surface area contributed by atoms with Gasteiger partial charge in [-0.05, 0) is 36.5 Å². The topological polar surface area (TPSA) is 95.5 Å². The van der Waals surface area contributed by atoms with Gasteiger partial charge in [0.25, 0.3) is 0 Å². The number of sulfonamides is 1. The van der Waals surface area contributed by atoms with Crippen molar-refractivity contribution in [1.82, 2.24) is 10.0 Å². The van der Waals surface area contributed by atoms with Crippen molar-refractivity contribution in [1.29, 1.82) is 0 Å². The van der Waals surface area contributed by atoms with Gasteiger partial charge in [-0.1, -0.05) is 12.1 Å². The summed E-state index contributed by atoms with van der Waals surface area (Å²) in [6, 6.07) is 6.29. The minimum absolute atomic E-state index is 0.0423. The predicted octanol–water partition coefficient (Wildman–Crippen LogP) is 0.372. The summed E-state index contributed by atoms with van der Waals surface area (Å²) in [5.41, 5.74) is 0.821. The van der Waals surface area contributed by atoms with Gasteiger partial charge >= 0.3 is 0 Å². The van der Waals surface area contributed by atoms with Gasteiger partial charge < -0.3 is 10.4 Å². The Hall–Kier alpha value is -1.44. The molecule has 116 valence electrons. The predicted molar refractivity (Wildman–Crippen MR) is 77.9 cm³/mol. The molecule has 1 fully saturated rings. The smallest absolute Gasteiger partial charge is 0.240 e. The fraction of sp³-hybridized carbons (Fsp3) is 0.500. The van der Waals surface area contributed by atoms with Gasteiger partial charge in [0.05, 0.1) is 11.0 Å². The maximum absolute atomic E-state index is 12.1. The lowest BCUT2D eigenvalue weighted by atomic mass is 10.2. The zero-order chi connectivity index (χ0) is 15.5. The van der Waals surface area contributed by atoms with E-state index in [4.69, 9.17) is 0 Å². The molecule has 6 nitrogen and oxygen atoms in total. The van der Waals surface area contributed by atoms with E-state index < -0.39 is 16.1 Å². The quantitative estimate of drug-likeness (QED) is 0.678. The number of rotatable bonds is 7. The molecule has 1 atom stereocenters. The van der Waals surface area contributed by atoms with Gasteiger partial charge in [0.2, 0.25) is 15.9 Å². The van der Waals surface area contributed by atoms with Crippen molar-refractivity contribution < 1.29 is 18.3 Å². The van der Waals surface area contributed by atoms with E-state index >= 15 is 0 Å². The lowest BCUT2D eigenvalue weighted by molar-refractivity contribution is -0.119. The van der Waals surface area contributed by atoms with Crippen LogP contribution in [0.4, 0.5) is 0 Å². The van der Waals surface area contributed by atoms with Crippen LogP contribution in [0.5, 0.6) is 0 Å². The minimum Gasteiger partial charge on any atom is -0.391 e. The Morgan fingerprint density at radius 3 is 2.48 bits per heavy atom. The van der Waals surface area contributed by atoms with Crippen LogP contribution in [0.3, 0.4) is 0 Å². The molecule has 0 saturated heterocycles. The summed E-state index contributed by atoms with van der Waals surface area (Å²) in [7, 11) is -3.61. The molecule has 0 aromatic heterocycles. The highest BCUT2D eigenvalue weighted by Crippen LogP contribution is 2.32. The first-order chi connectivity index (χ1) is 9.88. The van der Waals surface area contributed by atoms with Gasteiger partial charge in [0, 0.05) is 20.0 Å². The van der Waals surface area contributed by atoms with Crippen molar-refractivity contribution in [3.05, 3.63) is 29.8 Å². The Morgan fingerprint density at radius 1 is 1.33 bits per heavy atom. The molecular formula is C14H20N2O4S. The summed E-state index contributed by atoms with van der Waals surface area (Å²) >= 11 is 0. The van der Waals surface area contributed by atoms with Crippen LogP contribution >= 0.6 is 0 Å². The molecule has 0 aliphatic heterocycles. The van der Waals surface area contributed by atoms with Crippen LogP contribution in [0.25, 0.3) is 0 Å².